The molecule has 1 aliphatic rings. The van der Waals surface area contributed by atoms with Gasteiger partial charge in [0.25, 0.3) is 5.91 Å². The van der Waals surface area contributed by atoms with Gasteiger partial charge in [-0.25, -0.2) is 9.59 Å². The maximum absolute atomic E-state index is 12.6. The van der Waals surface area contributed by atoms with Crippen molar-refractivity contribution >= 4 is 35.6 Å². The fourth-order valence-corrected chi connectivity index (χ4v) is 2.90. The number of halogens is 1. The second kappa shape index (κ2) is 8.40. The molecule has 2 heterocycles. The zero-order valence-corrected chi connectivity index (χ0v) is 16.8. The predicted octanol–water partition coefficient (Wildman–Crippen LogP) is 3.60. The van der Waals surface area contributed by atoms with Crippen molar-refractivity contribution in [2.75, 3.05) is 7.11 Å². The molecule has 9 heteroatoms. The first-order chi connectivity index (χ1) is 13.8. The van der Waals surface area contributed by atoms with Crippen molar-refractivity contribution in [1.82, 2.24) is 10.2 Å². The van der Waals surface area contributed by atoms with Gasteiger partial charge in [0.05, 0.1) is 24.8 Å². The van der Waals surface area contributed by atoms with Gasteiger partial charge in [-0.3, -0.25) is 9.69 Å². The molecule has 3 rings (SSSR count). The van der Waals surface area contributed by atoms with Gasteiger partial charge < -0.3 is 19.2 Å². The van der Waals surface area contributed by atoms with Crippen molar-refractivity contribution in [1.29, 1.82) is 0 Å². The lowest BCUT2D eigenvalue weighted by atomic mass is 10.2. The van der Waals surface area contributed by atoms with Crippen LogP contribution < -0.4 is 10.1 Å². The van der Waals surface area contributed by atoms with E-state index in [4.69, 9.17) is 20.8 Å². The summed E-state index contributed by atoms with van der Waals surface area (Å²) in [6, 6.07) is 7.39. The van der Waals surface area contributed by atoms with E-state index in [0.29, 0.717) is 16.3 Å². The number of rotatable bonds is 6. The summed E-state index contributed by atoms with van der Waals surface area (Å²) in [5, 5.41) is 2.92. The Morgan fingerprint density at radius 3 is 2.69 bits per heavy atom. The van der Waals surface area contributed by atoms with Crippen LogP contribution >= 0.6 is 11.6 Å². The number of hydrogen-bond donors (Lipinski definition) is 1. The minimum Gasteiger partial charge on any atom is -0.489 e. The molecule has 1 aromatic heterocycles. The topological polar surface area (TPSA) is 98.1 Å². The monoisotopic (exact) mass is 418 g/mol. The summed E-state index contributed by atoms with van der Waals surface area (Å²) >= 11 is 6.21. The first kappa shape index (κ1) is 20.5. The average molecular weight is 419 g/mol. The summed E-state index contributed by atoms with van der Waals surface area (Å²) < 4.78 is 15.5. The number of nitrogens with one attached hydrogen (secondary N) is 1. The van der Waals surface area contributed by atoms with Crippen LogP contribution in [0.15, 0.2) is 40.4 Å². The molecule has 152 valence electrons. The number of ether oxygens (including phenoxy) is 2. The number of carbonyl (C=O) groups excluding carboxylic acids is 3. The Hall–Kier alpha value is -3.26. The average Bonchev–Trinajstić information content (AvgIpc) is 3.24. The number of esters is 1. The molecule has 1 fully saturated rings. The number of benzene rings is 1. The maximum atomic E-state index is 12.6. The van der Waals surface area contributed by atoms with Crippen molar-refractivity contribution in [3.05, 3.63) is 58.1 Å². The normalized spacial score (nSPS) is 15.2. The number of urea groups is 1. The van der Waals surface area contributed by atoms with E-state index in [9.17, 15) is 14.4 Å². The Kier molecular flexibility index (Phi) is 5.93. The summed E-state index contributed by atoms with van der Waals surface area (Å²) in [6.45, 7) is 3.66. The Labute approximate surface area is 172 Å². The molecule has 0 aliphatic carbocycles. The number of methoxy groups -OCH3 is 1. The highest BCUT2D eigenvalue weighted by Gasteiger charge is 2.34. The van der Waals surface area contributed by atoms with Crippen LogP contribution in [0.5, 0.6) is 5.75 Å². The van der Waals surface area contributed by atoms with E-state index < -0.39 is 17.9 Å². The summed E-state index contributed by atoms with van der Waals surface area (Å²) in [7, 11) is 1.23. The second-order valence-corrected chi connectivity index (χ2v) is 6.90. The quantitative estimate of drug-likeness (QED) is 0.437. The molecule has 1 aliphatic heterocycles. The van der Waals surface area contributed by atoms with Crippen LogP contribution in [0.1, 0.15) is 35.7 Å². The van der Waals surface area contributed by atoms with Crippen LogP contribution in [0.4, 0.5) is 4.79 Å². The van der Waals surface area contributed by atoms with Gasteiger partial charge in [-0.2, -0.15) is 0 Å². The van der Waals surface area contributed by atoms with Gasteiger partial charge in [0.15, 0.2) is 0 Å². The summed E-state index contributed by atoms with van der Waals surface area (Å²) in [4.78, 5) is 37.2. The summed E-state index contributed by atoms with van der Waals surface area (Å²) in [6.07, 6.45) is 1.50. The molecule has 8 nitrogen and oxygen atoms in total. The molecule has 1 N–H and O–H groups in total. The van der Waals surface area contributed by atoms with Crippen molar-refractivity contribution < 1.29 is 28.3 Å². The SMILES string of the molecule is COC(=O)c1ccc(CN2C(=O)N/C(=C\c3ccc(OC(C)C)c(Cl)c3)C2=O)o1. The van der Waals surface area contributed by atoms with Crippen LogP contribution in [0.2, 0.25) is 5.02 Å². The zero-order valence-electron chi connectivity index (χ0n) is 16.0. The highest BCUT2D eigenvalue weighted by Crippen LogP contribution is 2.28. The number of furan rings is 1. The molecule has 0 bridgehead atoms. The number of amides is 3. The van der Waals surface area contributed by atoms with Gasteiger partial charge in [-0.15, -0.1) is 0 Å². The Bertz CT molecular complexity index is 995. The van der Waals surface area contributed by atoms with E-state index in [1.54, 1.807) is 18.2 Å². The van der Waals surface area contributed by atoms with Crippen molar-refractivity contribution in [2.45, 2.75) is 26.5 Å². The van der Waals surface area contributed by atoms with Gasteiger partial charge in [-0.1, -0.05) is 17.7 Å². The van der Waals surface area contributed by atoms with Gasteiger partial charge in [-0.05, 0) is 49.8 Å². The highest BCUT2D eigenvalue weighted by molar-refractivity contribution is 6.32. The number of carbonyl (C=O) groups is 3. The van der Waals surface area contributed by atoms with E-state index in [2.05, 4.69) is 10.1 Å². The van der Waals surface area contributed by atoms with Crippen LogP contribution in [-0.2, 0) is 16.1 Å². The summed E-state index contributed by atoms with van der Waals surface area (Å²) in [5.74, 6) is -0.371. The lowest BCUT2D eigenvalue weighted by Crippen LogP contribution is -2.30. The van der Waals surface area contributed by atoms with Gasteiger partial charge in [0.2, 0.25) is 5.76 Å². The highest BCUT2D eigenvalue weighted by atomic mass is 35.5. The maximum Gasteiger partial charge on any atom is 0.373 e. The third-order valence-corrected chi connectivity index (χ3v) is 4.25. The predicted molar refractivity (Wildman–Crippen MR) is 104 cm³/mol. The molecule has 0 saturated carbocycles. The van der Waals surface area contributed by atoms with Gasteiger partial charge >= 0.3 is 12.0 Å². The molecule has 0 spiro atoms. The number of imide groups is 1. The van der Waals surface area contributed by atoms with Gasteiger partial charge in [0.1, 0.15) is 17.2 Å². The fraction of sp³-hybridized carbons (Fsp3) is 0.250. The molecular formula is C20H19ClN2O6. The number of hydrogen-bond acceptors (Lipinski definition) is 6. The van der Waals surface area contributed by atoms with Crippen molar-refractivity contribution in [2.24, 2.45) is 0 Å². The summed E-state index contributed by atoms with van der Waals surface area (Å²) in [5.41, 5.74) is 0.728. The largest absolute Gasteiger partial charge is 0.489 e. The molecule has 1 saturated heterocycles. The molecule has 1 aromatic carbocycles. The Morgan fingerprint density at radius 1 is 1.28 bits per heavy atom. The lowest BCUT2D eigenvalue weighted by Gasteiger charge is -2.11. The molecule has 29 heavy (non-hydrogen) atoms. The third kappa shape index (κ3) is 4.60. The van der Waals surface area contributed by atoms with E-state index >= 15 is 0 Å². The van der Waals surface area contributed by atoms with Crippen molar-refractivity contribution in [3.63, 3.8) is 0 Å². The minimum atomic E-state index is -0.643. The zero-order chi connectivity index (χ0) is 21.1. The number of nitrogens with zero attached hydrogens (tertiary/aromatic N) is 1. The molecule has 0 atom stereocenters. The Morgan fingerprint density at radius 2 is 2.03 bits per heavy atom. The van der Waals surface area contributed by atoms with Gasteiger partial charge in [0, 0.05) is 0 Å². The van der Waals surface area contributed by atoms with E-state index in [1.807, 2.05) is 13.8 Å². The third-order valence-electron chi connectivity index (χ3n) is 3.95. The molecule has 2 aromatic rings. The standard InChI is InChI=1S/C20H19ClN2O6/c1-11(2)28-16-6-4-12(8-14(16)21)9-15-18(24)23(20(26)22-15)10-13-5-7-17(29-13)19(25)27-3/h4-9,11H,10H2,1-3H3,(H,22,26)/b15-9-. The first-order valence-electron chi connectivity index (χ1n) is 8.76. The van der Waals surface area contributed by atoms with Crippen LogP contribution in [-0.4, -0.2) is 36.0 Å². The van der Waals surface area contributed by atoms with Crippen LogP contribution in [0, 0.1) is 0 Å². The van der Waals surface area contributed by atoms with E-state index in [-0.39, 0.29) is 29.9 Å². The van der Waals surface area contributed by atoms with Crippen molar-refractivity contribution in [3.8, 4) is 5.75 Å². The molecule has 0 unspecified atom stereocenters. The van der Waals surface area contributed by atoms with Crippen LogP contribution in [0.25, 0.3) is 6.08 Å². The van der Waals surface area contributed by atoms with E-state index in [1.165, 1.54) is 25.3 Å². The fourth-order valence-electron chi connectivity index (χ4n) is 2.67. The Balaban J connectivity index is 1.75. The van der Waals surface area contributed by atoms with E-state index in [0.717, 1.165) is 4.90 Å². The second-order valence-electron chi connectivity index (χ2n) is 6.49. The lowest BCUT2D eigenvalue weighted by molar-refractivity contribution is -0.123. The molecule has 3 amide bonds. The smallest absolute Gasteiger partial charge is 0.373 e. The molecule has 0 radical (unpaired) electrons. The van der Waals surface area contributed by atoms with Crippen LogP contribution in [0.3, 0.4) is 0 Å². The minimum absolute atomic E-state index is 0.0105. The molecular weight excluding hydrogens is 400 g/mol. The first-order valence-corrected chi connectivity index (χ1v) is 9.14.